The molecule has 3 rings (SSSR count). The molecule has 3 aromatic rings. The highest BCUT2D eigenvalue weighted by molar-refractivity contribution is 7.11. The molecule has 24 heavy (non-hydrogen) atoms. The molecular formula is C13H11N7O3S. The summed E-state index contributed by atoms with van der Waals surface area (Å²) in [7, 11) is 1.27. The minimum absolute atomic E-state index is 0.106. The summed E-state index contributed by atoms with van der Waals surface area (Å²) < 4.78 is 8.64. The molecule has 0 saturated carbocycles. The van der Waals surface area contributed by atoms with Gasteiger partial charge in [0.25, 0.3) is 0 Å². The molecule has 10 nitrogen and oxygen atoms in total. The number of anilines is 1. The molecule has 0 saturated heterocycles. The number of ether oxygens (including phenoxy) is 1. The Morgan fingerprint density at radius 3 is 3.12 bits per heavy atom. The number of rotatable bonds is 5. The Labute approximate surface area is 139 Å². The van der Waals surface area contributed by atoms with Gasteiger partial charge >= 0.3 is 5.97 Å². The number of hydrogen-bond acceptors (Lipinski definition) is 11. The number of nitrogens with zero attached hydrogens (tertiary/aromatic N) is 6. The fourth-order valence-corrected chi connectivity index (χ4v) is 2.34. The lowest BCUT2D eigenvalue weighted by molar-refractivity contribution is -0.138. The smallest absolute Gasteiger partial charge is 0.325 e. The van der Waals surface area contributed by atoms with Gasteiger partial charge in [0.05, 0.1) is 12.5 Å². The quantitative estimate of drug-likeness (QED) is 0.530. The highest BCUT2D eigenvalue weighted by Crippen LogP contribution is 2.30. The predicted molar refractivity (Wildman–Crippen MR) is 85.8 cm³/mol. The second kappa shape index (κ2) is 6.91. The second-order valence-corrected chi connectivity index (χ2v) is 5.17. The Hall–Kier alpha value is -3.21. The first-order chi connectivity index (χ1) is 11.7. The van der Waals surface area contributed by atoms with Crippen LogP contribution in [0.25, 0.3) is 11.0 Å². The fourth-order valence-electron chi connectivity index (χ4n) is 1.71. The summed E-state index contributed by atoms with van der Waals surface area (Å²) >= 11 is 1.14. The van der Waals surface area contributed by atoms with E-state index in [4.69, 9.17) is 0 Å². The summed E-state index contributed by atoms with van der Waals surface area (Å²) in [5.74, 6) is -0.248. The minimum Gasteiger partial charge on any atom is -0.504 e. The van der Waals surface area contributed by atoms with Crippen molar-refractivity contribution in [3.05, 3.63) is 24.7 Å². The molecule has 0 spiro atoms. The van der Waals surface area contributed by atoms with Crippen LogP contribution in [0.5, 0.6) is 5.75 Å². The van der Waals surface area contributed by atoms with E-state index in [0.29, 0.717) is 16.0 Å². The largest absolute Gasteiger partial charge is 0.504 e. The van der Waals surface area contributed by atoms with Crippen LogP contribution < -0.4 is 5.32 Å². The lowest BCUT2D eigenvalue weighted by Crippen LogP contribution is -2.15. The zero-order chi connectivity index (χ0) is 16.9. The van der Waals surface area contributed by atoms with Crippen LogP contribution >= 0.6 is 11.5 Å². The van der Waals surface area contributed by atoms with Crippen LogP contribution in [0.3, 0.4) is 0 Å². The van der Waals surface area contributed by atoms with Crippen molar-refractivity contribution in [3.8, 4) is 5.75 Å². The van der Waals surface area contributed by atoms with Crippen LogP contribution in [0.1, 0.15) is 0 Å². The Bertz CT molecular complexity index is 911. The Kier molecular flexibility index (Phi) is 4.52. The van der Waals surface area contributed by atoms with E-state index in [9.17, 15) is 9.90 Å². The van der Waals surface area contributed by atoms with Gasteiger partial charge in [-0.25, -0.2) is 15.0 Å². The first-order valence-electron chi connectivity index (χ1n) is 6.65. The molecule has 0 atom stereocenters. The molecule has 122 valence electrons. The van der Waals surface area contributed by atoms with Gasteiger partial charge in [-0.3, -0.25) is 4.79 Å². The number of esters is 1. The average Bonchev–Trinajstić information content (AvgIpc) is 3.02. The lowest BCUT2D eigenvalue weighted by Gasteiger charge is -2.06. The number of hydrogen-bond donors (Lipinski definition) is 2. The van der Waals surface area contributed by atoms with Crippen LogP contribution in [-0.2, 0) is 9.53 Å². The Morgan fingerprint density at radius 2 is 2.29 bits per heavy atom. The molecule has 3 aromatic heterocycles. The number of azo groups is 1. The first-order valence-corrected chi connectivity index (χ1v) is 7.42. The van der Waals surface area contributed by atoms with Crippen molar-refractivity contribution in [2.24, 2.45) is 10.2 Å². The molecule has 0 aliphatic carbocycles. The topological polar surface area (TPSA) is 135 Å². The third-order valence-electron chi connectivity index (χ3n) is 2.87. The van der Waals surface area contributed by atoms with E-state index in [1.54, 1.807) is 6.20 Å². The zero-order valence-corrected chi connectivity index (χ0v) is 13.2. The number of aromatic nitrogens is 4. The molecule has 0 radical (unpaired) electrons. The van der Waals surface area contributed by atoms with Gasteiger partial charge in [0.2, 0.25) is 0 Å². The van der Waals surface area contributed by atoms with Gasteiger partial charge in [0, 0.05) is 6.20 Å². The van der Waals surface area contributed by atoms with Crippen LogP contribution in [0.15, 0.2) is 34.9 Å². The average molecular weight is 345 g/mol. The molecule has 0 aliphatic rings. The van der Waals surface area contributed by atoms with Gasteiger partial charge in [-0.15, -0.1) is 10.2 Å². The number of aromatic hydroxyl groups is 1. The number of nitrogens with one attached hydrogen (secondary N) is 1. The van der Waals surface area contributed by atoms with E-state index in [1.165, 1.54) is 25.6 Å². The van der Waals surface area contributed by atoms with Crippen molar-refractivity contribution < 1.29 is 14.6 Å². The van der Waals surface area contributed by atoms with Gasteiger partial charge in [0.15, 0.2) is 28.0 Å². The molecular weight excluding hydrogens is 334 g/mol. The maximum atomic E-state index is 11.1. The van der Waals surface area contributed by atoms with Gasteiger partial charge in [-0.05, 0) is 23.7 Å². The SMILES string of the molecule is COC(=O)CNc1nc(N=Nc2snc3ncncc23)ccc1O. The molecule has 0 aliphatic heterocycles. The van der Waals surface area contributed by atoms with Crippen molar-refractivity contribution in [1.29, 1.82) is 0 Å². The van der Waals surface area contributed by atoms with Crippen LogP contribution in [0.2, 0.25) is 0 Å². The van der Waals surface area contributed by atoms with E-state index in [2.05, 4.69) is 39.6 Å². The maximum absolute atomic E-state index is 11.1. The molecule has 0 unspecified atom stereocenters. The van der Waals surface area contributed by atoms with Crippen molar-refractivity contribution >= 4 is 45.2 Å². The van der Waals surface area contributed by atoms with Crippen molar-refractivity contribution in [3.63, 3.8) is 0 Å². The highest BCUT2D eigenvalue weighted by Gasteiger charge is 2.08. The maximum Gasteiger partial charge on any atom is 0.325 e. The molecule has 3 heterocycles. The number of pyridine rings is 1. The van der Waals surface area contributed by atoms with E-state index in [1.807, 2.05) is 0 Å². The summed E-state index contributed by atoms with van der Waals surface area (Å²) in [6.07, 6.45) is 3.01. The fraction of sp³-hybridized carbons (Fsp3) is 0.154. The number of fused-ring (bicyclic) bond motifs is 1. The Morgan fingerprint density at radius 1 is 1.42 bits per heavy atom. The molecule has 2 N–H and O–H groups in total. The van der Waals surface area contributed by atoms with Crippen molar-refractivity contribution in [2.45, 2.75) is 0 Å². The van der Waals surface area contributed by atoms with Crippen molar-refractivity contribution in [1.82, 2.24) is 19.3 Å². The van der Waals surface area contributed by atoms with E-state index in [-0.39, 0.29) is 23.9 Å². The molecule has 0 amide bonds. The van der Waals surface area contributed by atoms with Crippen LogP contribution in [0, 0.1) is 0 Å². The summed E-state index contributed by atoms with van der Waals surface area (Å²) in [4.78, 5) is 23.2. The standard InChI is InChI=1S/C13H11N7O3S/c1-23-10(22)5-15-12-8(21)2-3-9(17-12)18-19-13-7-4-14-6-16-11(7)20-24-13/h2-4,6,21H,5H2,1H3,(H,15,17). The summed E-state index contributed by atoms with van der Waals surface area (Å²) in [5, 5.41) is 21.7. The van der Waals surface area contributed by atoms with Gasteiger partial charge < -0.3 is 15.2 Å². The van der Waals surface area contributed by atoms with E-state index < -0.39 is 5.97 Å². The van der Waals surface area contributed by atoms with E-state index in [0.717, 1.165) is 11.5 Å². The van der Waals surface area contributed by atoms with Gasteiger partial charge in [-0.2, -0.15) is 4.37 Å². The van der Waals surface area contributed by atoms with Gasteiger partial charge in [-0.1, -0.05) is 0 Å². The monoisotopic (exact) mass is 345 g/mol. The second-order valence-electron chi connectivity index (χ2n) is 4.41. The number of carbonyl (C=O) groups excluding carboxylic acids is 1. The molecule has 0 aromatic carbocycles. The summed E-state index contributed by atoms with van der Waals surface area (Å²) in [6, 6.07) is 2.89. The van der Waals surface area contributed by atoms with Crippen molar-refractivity contribution in [2.75, 3.05) is 19.0 Å². The molecule has 11 heteroatoms. The Balaban J connectivity index is 1.81. The zero-order valence-electron chi connectivity index (χ0n) is 12.4. The predicted octanol–water partition coefficient (Wildman–Crippen LogP) is 2.19. The third-order valence-corrected chi connectivity index (χ3v) is 3.61. The van der Waals surface area contributed by atoms with Crippen LogP contribution in [-0.4, -0.2) is 44.1 Å². The lowest BCUT2D eigenvalue weighted by atomic mass is 10.4. The third kappa shape index (κ3) is 3.41. The minimum atomic E-state index is -0.487. The highest BCUT2D eigenvalue weighted by atomic mass is 32.1. The van der Waals surface area contributed by atoms with E-state index >= 15 is 0 Å². The normalized spacial score (nSPS) is 11.0. The summed E-state index contributed by atoms with van der Waals surface area (Å²) in [6.45, 7) is -0.130. The van der Waals surface area contributed by atoms with Gasteiger partial charge in [0.1, 0.15) is 12.9 Å². The molecule has 0 bridgehead atoms. The van der Waals surface area contributed by atoms with Crippen LogP contribution in [0.4, 0.5) is 16.6 Å². The first kappa shape index (κ1) is 15.7. The molecule has 0 fully saturated rings. The number of carbonyl (C=O) groups is 1. The number of methoxy groups -OCH3 is 1. The summed E-state index contributed by atoms with van der Waals surface area (Å²) in [5.41, 5.74) is 0.544.